The Morgan fingerprint density at radius 2 is 1.80 bits per heavy atom. The molecule has 1 atom stereocenters. The van der Waals surface area contributed by atoms with Crippen LogP contribution in [0.25, 0.3) is 10.2 Å². The summed E-state index contributed by atoms with van der Waals surface area (Å²) in [6, 6.07) is 19.9. The third kappa shape index (κ3) is 4.93. The number of hydrogen-bond donors (Lipinski definition) is 1. The molecule has 8 heteroatoms. The van der Waals surface area contributed by atoms with Gasteiger partial charge in [-0.2, -0.15) is 0 Å². The molecule has 5 rings (SSSR count). The van der Waals surface area contributed by atoms with Crippen LogP contribution in [0.3, 0.4) is 0 Å². The Kier molecular flexibility index (Phi) is 6.55. The lowest BCUT2D eigenvalue weighted by molar-refractivity contribution is 0.0570. The highest BCUT2D eigenvalue weighted by Crippen LogP contribution is 2.28. The molecule has 0 spiro atoms. The van der Waals surface area contributed by atoms with Crippen molar-refractivity contribution in [2.45, 2.75) is 26.1 Å². The minimum atomic E-state index is -0.279. The maximum absolute atomic E-state index is 13.6. The molecule has 6 nitrogen and oxygen atoms in total. The van der Waals surface area contributed by atoms with Gasteiger partial charge >= 0.3 is 6.03 Å². The molecule has 1 N–H and O–H groups in total. The Morgan fingerprint density at radius 1 is 1.03 bits per heavy atom. The van der Waals surface area contributed by atoms with Crippen LogP contribution in [0.2, 0.25) is 0 Å². The number of amides is 3. The summed E-state index contributed by atoms with van der Waals surface area (Å²) in [5.41, 5.74) is 2.59. The molecular formula is C27H27FN4O2S. The largest absolute Gasteiger partial charge is 0.334 e. The van der Waals surface area contributed by atoms with Crippen LogP contribution in [0.4, 0.5) is 9.18 Å². The number of rotatable bonds is 5. The topological polar surface area (TPSA) is 57.6 Å². The summed E-state index contributed by atoms with van der Waals surface area (Å²) >= 11 is 1.59. The van der Waals surface area contributed by atoms with Crippen molar-refractivity contribution in [1.82, 2.24) is 19.7 Å². The number of benzene rings is 2. The molecule has 0 radical (unpaired) electrons. The van der Waals surface area contributed by atoms with Gasteiger partial charge in [0.15, 0.2) is 0 Å². The summed E-state index contributed by atoms with van der Waals surface area (Å²) in [5, 5.41) is 6.01. The Morgan fingerprint density at radius 3 is 2.54 bits per heavy atom. The predicted octanol–water partition coefficient (Wildman–Crippen LogP) is 4.95. The van der Waals surface area contributed by atoms with E-state index >= 15 is 0 Å². The maximum atomic E-state index is 13.6. The van der Waals surface area contributed by atoms with Crippen molar-refractivity contribution in [3.05, 3.63) is 94.7 Å². The first kappa shape index (κ1) is 23.1. The highest BCUT2D eigenvalue weighted by molar-refractivity contribution is 7.16. The van der Waals surface area contributed by atoms with Gasteiger partial charge in [-0.1, -0.05) is 42.5 Å². The Hall–Kier alpha value is -3.65. The van der Waals surface area contributed by atoms with Crippen molar-refractivity contribution >= 4 is 33.5 Å². The molecule has 0 saturated carbocycles. The number of halogens is 1. The number of nitrogens with zero attached hydrogens (tertiary/aromatic N) is 3. The number of aromatic nitrogens is 1. The molecule has 2 aromatic carbocycles. The first-order valence-electron chi connectivity index (χ1n) is 11.7. The van der Waals surface area contributed by atoms with E-state index in [1.807, 2.05) is 64.2 Å². The summed E-state index contributed by atoms with van der Waals surface area (Å²) in [7, 11) is 0. The predicted molar refractivity (Wildman–Crippen MR) is 136 cm³/mol. The lowest BCUT2D eigenvalue weighted by Crippen LogP contribution is -2.57. The zero-order valence-electron chi connectivity index (χ0n) is 19.5. The fourth-order valence-electron chi connectivity index (χ4n) is 4.56. The third-order valence-corrected chi connectivity index (χ3v) is 7.39. The molecule has 180 valence electrons. The standard InChI is InChI=1S/C27H27FN4O2S/c1-19-17-30(12-13-31(19)27(34)29-16-20-5-3-2-4-6-20)25(33)24-15-22-11-14-35-26(22)32(24)18-21-7-9-23(28)10-8-21/h2-11,14-15,19H,12-13,16-18H2,1H3,(H,29,34)/t19-/m0/s1. The van der Waals surface area contributed by atoms with Crippen LogP contribution >= 0.6 is 11.3 Å². The second-order valence-electron chi connectivity index (χ2n) is 8.86. The molecule has 1 saturated heterocycles. The van der Waals surface area contributed by atoms with E-state index in [0.29, 0.717) is 38.4 Å². The average molecular weight is 491 g/mol. The van der Waals surface area contributed by atoms with Gasteiger partial charge in [-0.3, -0.25) is 4.79 Å². The number of fused-ring (bicyclic) bond motifs is 1. The van der Waals surface area contributed by atoms with Crippen LogP contribution in [0.15, 0.2) is 72.1 Å². The van der Waals surface area contributed by atoms with E-state index in [4.69, 9.17) is 0 Å². The highest BCUT2D eigenvalue weighted by atomic mass is 32.1. The van der Waals surface area contributed by atoms with E-state index in [1.54, 1.807) is 28.4 Å². The quantitative estimate of drug-likeness (QED) is 0.431. The summed E-state index contributed by atoms with van der Waals surface area (Å²) in [5.74, 6) is -0.329. The number of piperazine rings is 1. The number of urea groups is 1. The molecule has 2 aromatic heterocycles. The monoisotopic (exact) mass is 490 g/mol. The van der Waals surface area contributed by atoms with Crippen LogP contribution < -0.4 is 5.32 Å². The van der Waals surface area contributed by atoms with Gasteiger partial charge in [-0.15, -0.1) is 11.3 Å². The lowest BCUT2D eigenvalue weighted by atomic mass is 10.1. The van der Waals surface area contributed by atoms with Crippen molar-refractivity contribution in [2.75, 3.05) is 19.6 Å². The van der Waals surface area contributed by atoms with Crippen LogP contribution in [0.5, 0.6) is 0 Å². The molecule has 3 heterocycles. The van der Waals surface area contributed by atoms with Gasteiger partial charge in [0.25, 0.3) is 5.91 Å². The number of thiophene rings is 1. The first-order chi connectivity index (χ1) is 17.0. The van der Waals surface area contributed by atoms with Crippen molar-refractivity contribution in [3.63, 3.8) is 0 Å². The van der Waals surface area contributed by atoms with E-state index in [2.05, 4.69) is 5.32 Å². The van der Waals surface area contributed by atoms with Crippen molar-refractivity contribution in [2.24, 2.45) is 0 Å². The fraction of sp³-hybridized carbons (Fsp3) is 0.259. The van der Waals surface area contributed by atoms with Gasteiger partial charge in [0, 0.05) is 44.2 Å². The number of carbonyl (C=O) groups excluding carboxylic acids is 2. The molecule has 0 aliphatic carbocycles. The Bertz CT molecular complexity index is 1330. The van der Waals surface area contributed by atoms with Crippen molar-refractivity contribution in [3.8, 4) is 0 Å². The minimum Gasteiger partial charge on any atom is -0.334 e. The van der Waals surface area contributed by atoms with E-state index in [9.17, 15) is 14.0 Å². The Labute approximate surface area is 207 Å². The van der Waals surface area contributed by atoms with Gasteiger partial charge in [-0.05, 0) is 47.7 Å². The smallest absolute Gasteiger partial charge is 0.318 e. The molecule has 35 heavy (non-hydrogen) atoms. The van der Waals surface area contributed by atoms with E-state index in [1.165, 1.54) is 12.1 Å². The molecule has 3 amide bonds. The van der Waals surface area contributed by atoms with Crippen LogP contribution in [-0.4, -0.2) is 52.0 Å². The molecule has 4 aromatic rings. The molecular weight excluding hydrogens is 463 g/mol. The fourth-order valence-corrected chi connectivity index (χ4v) is 5.46. The highest BCUT2D eigenvalue weighted by Gasteiger charge is 2.31. The molecule has 0 unspecified atom stereocenters. The lowest BCUT2D eigenvalue weighted by Gasteiger charge is -2.39. The van der Waals surface area contributed by atoms with E-state index in [-0.39, 0.29) is 23.8 Å². The minimum absolute atomic E-state index is 0.0493. The van der Waals surface area contributed by atoms with Gasteiger partial charge < -0.3 is 19.7 Å². The van der Waals surface area contributed by atoms with Gasteiger partial charge in [0.2, 0.25) is 0 Å². The van der Waals surface area contributed by atoms with Gasteiger partial charge in [0.1, 0.15) is 16.3 Å². The summed E-state index contributed by atoms with van der Waals surface area (Å²) in [4.78, 5) is 31.0. The molecule has 1 aliphatic heterocycles. The SMILES string of the molecule is C[C@H]1CN(C(=O)c2cc3ccsc3n2Cc2ccc(F)cc2)CCN1C(=O)NCc1ccccc1. The van der Waals surface area contributed by atoms with Gasteiger partial charge in [-0.25, -0.2) is 9.18 Å². The summed E-state index contributed by atoms with van der Waals surface area (Å²) in [6.45, 7) is 4.34. The van der Waals surface area contributed by atoms with Gasteiger partial charge in [0.05, 0.1) is 0 Å². The van der Waals surface area contributed by atoms with Crippen LogP contribution in [-0.2, 0) is 13.1 Å². The summed E-state index contributed by atoms with van der Waals surface area (Å²) < 4.78 is 15.4. The zero-order valence-corrected chi connectivity index (χ0v) is 20.3. The molecule has 1 fully saturated rings. The zero-order chi connectivity index (χ0) is 24.4. The second-order valence-corrected chi connectivity index (χ2v) is 9.76. The van der Waals surface area contributed by atoms with Crippen molar-refractivity contribution in [1.29, 1.82) is 0 Å². The number of carbonyl (C=O) groups is 2. The Balaban J connectivity index is 1.28. The average Bonchev–Trinajstić information content (AvgIpc) is 3.46. The van der Waals surface area contributed by atoms with Crippen LogP contribution in [0, 0.1) is 5.82 Å². The molecule has 1 aliphatic rings. The van der Waals surface area contributed by atoms with E-state index < -0.39 is 0 Å². The third-order valence-electron chi connectivity index (χ3n) is 6.44. The number of hydrogen-bond acceptors (Lipinski definition) is 3. The van der Waals surface area contributed by atoms with E-state index in [0.717, 1.165) is 21.3 Å². The number of nitrogens with one attached hydrogen (secondary N) is 1. The van der Waals surface area contributed by atoms with Crippen molar-refractivity contribution < 1.29 is 14.0 Å². The maximum Gasteiger partial charge on any atom is 0.318 e. The van der Waals surface area contributed by atoms with Crippen LogP contribution in [0.1, 0.15) is 28.5 Å². The normalized spacial score (nSPS) is 16.0. The molecule has 0 bridgehead atoms. The second kappa shape index (κ2) is 9.92. The first-order valence-corrected chi connectivity index (χ1v) is 12.6. The summed E-state index contributed by atoms with van der Waals surface area (Å²) in [6.07, 6.45) is 0.